The second kappa shape index (κ2) is 13.8. The number of nitrogens with two attached hydrogens (primary N) is 1. The molecule has 1 fully saturated rings. The van der Waals surface area contributed by atoms with Crippen molar-refractivity contribution in [2.24, 2.45) is 11.1 Å². The van der Waals surface area contributed by atoms with E-state index in [4.69, 9.17) is 10.5 Å². The van der Waals surface area contributed by atoms with Gasteiger partial charge in [-0.2, -0.15) is 0 Å². The lowest BCUT2D eigenvalue weighted by Crippen LogP contribution is -2.43. The average Bonchev–Trinajstić information content (AvgIpc) is 2.89. The molecule has 0 aromatic heterocycles. The SMILES string of the molecule is CCCCN(C)c1ccc(-c2cccc(CN(C(=O)OC)C3CCC(N)CC3)c2)cc1NC(=O)CC(C)(C)C. The Morgan fingerprint density at radius 2 is 1.74 bits per heavy atom. The summed E-state index contributed by atoms with van der Waals surface area (Å²) in [5, 5.41) is 3.19. The number of nitrogens with zero attached hydrogens (tertiary/aromatic N) is 2. The summed E-state index contributed by atoms with van der Waals surface area (Å²) in [5.74, 6) is 0.0134. The largest absolute Gasteiger partial charge is 0.453 e. The lowest BCUT2D eigenvalue weighted by Gasteiger charge is -2.35. The van der Waals surface area contributed by atoms with E-state index in [0.29, 0.717) is 13.0 Å². The van der Waals surface area contributed by atoms with Crippen LogP contribution in [0.4, 0.5) is 16.2 Å². The van der Waals surface area contributed by atoms with Crippen LogP contribution in [-0.2, 0) is 16.1 Å². The Hall–Kier alpha value is -3.06. The van der Waals surface area contributed by atoms with Gasteiger partial charge in [0.1, 0.15) is 0 Å². The molecule has 2 aromatic rings. The smallest absolute Gasteiger partial charge is 0.410 e. The van der Waals surface area contributed by atoms with Crippen molar-refractivity contribution in [2.75, 3.05) is 30.9 Å². The summed E-state index contributed by atoms with van der Waals surface area (Å²) in [4.78, 5) is 29.7. The van der Waals surface area contributed by atoms with E-state index in [2.05, 4.69) is 75.3 Å². The predicted molar refractivity (Wildman–Crippen MR) is 161 cm³/mol. The van der Waals surface area contributed by atoms with Crippen LogP contribution in [0.2, 0.25) is 0 Å². The van der Waals surface area contributed by atoms with E-state index in [9.17, 15) is 9.59 Å². The van der Waals surface area contributed by atoms with Gasteiger partial charge in [-0.15, -0.1) is 0 Å². The monoisotopic (exact) mass is 536 g/mol. The molecule has 7 heteroatoms. The number of hydrogen-bond donors (Lipinski definition) is 2. The number of carbonyl (C=O) groups is 2. The highest BCUT2D eigenvalue weighted by Gasteiger charge is 2.28. The Bertz CT molecular complexity index is 1100. The lowest BCUT2D eigenvalue weighted by molar-refractivity contribution is -0.117. The summed E-state index contributed by atoms with van der Waals surface area (Å²) >= 11 is 0. The minimum Gasteiger partial charge on any atom is -0.453 e. The van der Waals surface area contributed by atoms with Crippen LogP contribution in [0.5, 0.6) is 0 Å². The van der Waals surface area contributed by atoms with Crippen LogP contribution in [0.15, 0.2) is 42.5 Å². The molecule has 0 heterocycles. The lowest BCUT2D eigenvalue weighted by atomic mass is 9.90. The number of unbranched alkanes of at least 4 members (excludes halogenated alkanes) is 1. The fourth-order valence-corrected chi connectivity index (χ4v) is 5.26. The van der Waals surface area contributed by atoms with Gasteiger partial charge in [0.2, 0.25) is 5.91 Å². The number of ether oxygens (including phenoxy) is 1. The first-order chi connectivity index (χ1) is 18.5. The van der Waals surface area contributed by atoms with Crippen LogP contribution >= 0.6 is 0 Å². The van der Waals surface area contributed by atoms with Crippen molar-refractivity contribution in [3.63, 3.8) is 0 Å². The maximum atomic E-state index is 12.9. The third kappa shape index (κ3) is 8.99. The molecule has 7 nitrogen and oxygen atoms in total. The van der Waals surface area contributed by atoms with E-state index < -0.39 is 0 Å². The summed E-state index contributed by atoms with van der Waals surface area (Å²) < 4.78 is 5.14. The molecule has 1 aliphatic rings. The molecule has 2 aromatic carbocycles. The van der Waals surface area contributed by atoms with Crippen LogP contribution in [0, 0.1) is 5.41 Å². The number of benzene rings is 2. The summed E-state index contributed by atoms with van der Waals surface area (Å²) in [6.45, 7) is 9.79. The fourth-order valence-electron chi connectivity index (χ4n) is 5.26. The molecule has 0 radical (unpaired) electrons. The summed E-state index contributed by atoms with van der Waals surface area (Å²) in [7, 11) is 3.51. The highest BCUT2D eigenvalue weighted by atomic mass is 16.5. The Morgan fingerprint density at radius 3 is 2.38 bits per heavy atom. The Kier molecular flexibility index (Phi) is 10.8. The van der Waals surface area contributed by atoms with Crippen molar-refractivity contribution < 1.29 is 14.3 Å². The van der Waals surface area contributed by atoms with Gasteiger partial charge in [-0.3, -0.25) is 4.79 Å². The van der Waals surface area contributed by atoms with Gasteiger partial charge in [-0.1, -0.05) is 58.4 Å². The predicted octanol–water partition coefficient (Wildman–Crippen LogP) is 6.80. The number of hydrogen-bond acceptors (Lipinski definition) is 5. The van der Waals surface area contributed by atoms with Crippen molar-refractivity contribution in [2.45, 2.75) is 91.3 Å². The summed E-state index contributed by atoms with van der Waals surface area (Å²) in [6.07, 6.45) is 5.95. The molecule has 0 aliphatic heterocycles. The van der Waals surface area contributed by atoms with E-state index >= 15 is 0 Å². The van der Waals surface area contributed by atoms with Crippen molar-refractivity contribution >= 4 is 23.4 Å². The van der Waals surface area contributed by atoms with E-state index in [-0.39, 0.29) is 29.5 Å². The molecular formula is C32H48N4O3. The molecule has 0 unspecified atom stereocenters. The highest BCUT2D eigenvalue weighted by molar-refractivity contribution is 5.96. The van der Waals surface area contributed by atoms with Crippen molar-refractivity contribution in [3.8, 4) is 11.1 Å². The topological polar surface area (TPSA) is 87.9 Å². The molecule has 3 N–H and O–H groups in total. The molecule has 0 saturated heterocycles. The number of amides is 2. The molecular weight excluding hydrogens is 488 g/mol. The van der Waals surface area contributed by atoms with Gasteiger partial charge in [-0.25, -0.2) is 4.79 Å². The van der Waals surface area contributed by atoms with E-state index in [1.165, 1.54) is 7.11 Å². The zero-order chi connectivity index (χ0) is 28.6. The summed E-state index contributed by atoms with van der Waals surface area (Å²) in [5.41, 5.74) is 10.9. The number of carbonyl (C=O) groups excluding carboxylic acids is 2. The van der Waals surface area contributed by atoms with E-state index in [1.807, 2.05) is 17.0 Å². The minimum atomic E-state index is -0.302. The fraction of sp³-hybridized carbons (Fsp3) is 0.562. The number of anilines is 2. The zero-order valence-electron chi connectivity index (χ0n) is 24.8. The summed E-state index contributed by atoms with van der Waals surface area (Å²) in [6, 6.07) is 14.9. The molecule has 2 amide bonds. The Balaban J connectivity index is 1.89. The van der Waals surface area contributed by atoms with Crippen molar-refractivity contribution in [1.29, 1.82) is 0 Å². The average molecular weight is 537 g/mol. The van der Waals surface area contributed by atoms with Gasteiger partial charge in [0.25, 0.3) is 0 Å². The highest BCUT2D eigenvalue weighted by Crippen LogP contribution is 2.33. The van der Waals surface area contributed by atoms with E-state index in [1.54, 1.807) is 0 Å². The maximum Gasteiger partial charge on any atom is 0.410 e. The normalized spacial score (nSPS) is 17.4. The van der Waals surface area contributed by atoms with Crippen LogP contribution in [0.25, 0.3) is 11.1 Å². The van der Waals surface area contributed by atoms with Crippen LogP contribution in [0.1, 0.15) is 78.2 Å². The van der Waals surface area contributed by atoms with Crippen LogP contribution < -0.4 is 16.0 Å². The van der Waals surface area contributed by atoms with Gasteiger partial charge in [-0.05, 0) is 72.4 Å². The zero-order valence-corrected chi connectivity index (χ0v) is 24.8. The molecule has 39 heavy (non-hydrogen) atoms. The first-order valence-electron chi connectivity index (χ1n) is 14.3. The maximum absolute atomic E-state index is 12.9. The van der Waals surface area contributed by atoms with Crippen molar-refractivity contribution in [3.05, 3.63) is 48.0 Å². The molecule has 1 aliphatic carbocycles. The molecule has 0 bridgehead atoms. The third-order valence-electron chi connectivity index (χ3n) is 7.42. The minimum absolute atomic E-state index is 0.0134. The second-order valence-electron chi connectivity index (χ2n) is 12.2. The second-order valence-corrected chi connectivity index (χ2v) is 12.2. The molecule has 0 atom stereocenters. The van der Waals surface area contributed by atoms with Crippen LogP contribution in [0.3, 0.4) is 0 Å². The van der Waals surface area contributed by atoms with Gasteiger partial charge in [0.05, 0.1) is 18.5 Å². The molecule has 0 spiro atoms. The Labute approximate surface area is 235 Å². The first kappa shape index (κ1) is 30.5. The number of rotatable bonds is 10. The molecule has 3 rings (SSSR count). The third-order valence-corrected chi connectivity index (χ3v) is 7.42. The van der Waals surface area contributed by atoms with E-state index in [0.717, 1.165) is 73.1 Å². The van der Waals surface area contributed by atoms with Gasteiger partial charge in [0.15, 0.2) is 0 Å². The van der Waals surface area contributed by atoms with Gasteiger partial charge in [0, 0.05) is 38.6 Å². The standard InChI is InChI=1S/C32H48N4O3/c1-7-8-18-35(5)29-17-12-25(20-28(29)34-30(37)21-32(2,3)4)24-11-9-10-23(19-24)22-36(31(38)39-6)27-15-13-26(33)14-16-27/h9-12,17,19-20,26-27H,7-8,13-16,18,21-22,33H2,1-6H3,(H,34,37). The quantitative estimate of drug-likeness (QED) is 0.349. The number of methoxy groups -OCH3 is 1. The van der Waals surface area contributed by atoms with Gasteiger partial charge >= 0.3 is 6.09 Å². The molecule has 214 valence electrons. The Morgan fingerprint density at radius 1 is 1.05 bits per heavy atom. The van der Waals surface area contributed by atoms with Crippen molar-refractivity contribution in [1.82, 2.24) is 4.90 Å². The molecule has 1 saturated carbocycles. The van der Waals surface area contributed by atoms with Gasteiger partial charge < -0.3 is 25.6 Å². The first-order valence-corrected chi connectivity index (χ1v) is 14.3. The number of nitrogens with one attached hydrogen (secondary N) is 1. The van der Waals surface area contributed by atoms with Crippen LogP contribution in [-0.4, -0.2) is 49.7 Å².